The Morgan fingerprint density at radius 1 is 1.28 bits per heavy atom. The van der Waals surface area contributed by atoms with Gasteiger partial charge in [-0.2, -0.15) is 0 Å². The summed E-state index contributed by atoms with van der Waals surface area (Å²) in [4.78, 5) is 16.6. The standard InChI is InChI=1S/C19H26ClFN2O2/c20-18-12-17(21)5-4-16(18)14-22-7-1-2-15(13-22)3-6-19(24)23-8-10-25-11-9-23/h4-5,12,15H,1-3,6-11,13-14H2/t15-/m1/s1. The number of carbonyl (C=O) groups excluding carboxylic acids is 1. The van der Waals surface area contributed by atoms with E-state index in [0.29, 0.717) is 30.6 Å². The van der Waals surface area contributed by atoms with E-state index >= 15 is 0 Å². The Kier molecular flexibility index (Phi) is 6.68. The minimum atomic E-state index is -0.299. The number of halogens is 2. The smallest absolute Gasteiger partial charge is 0.222 e. The lowest BCUT2D eigenvalue weighted by Crippen LogP contribution is -2.41. The van der Waals surface area contributed by atoms with Crippen LogP contribution in [0.4, 0.5) is 4.39 Å². The molecule has 0 bridgehead atoms. The number of likely N-dealkylation sites (tertiary alicyclic amines) is 1. The zero-order valence-corrected chi connectivity index (χ0v) is 15.3. The van der Waals surface area contributed by atoms with E-state index in [-0.39, 0.29) is 11.7 Å². The van der Waals surface area contributed by atoms with Crippen molar-refractivity contribution in [2.45, 2.75) is 32.2 Å². The van der Waals surface area contributed by atoms with Crippen LogP contribution in [0.25, 0.3) is 0 Å². The lowest BCUT2D eigenvalue weighted by atomic mass is 9.92. The Hall–Kier alpha value is -1.17. The highest BCUT2D eigenvalue weighted by atomic mass is 35.5. The van der Waals surface area contributed by atoms with E-state index in [2.05, 4.69) is 4.90 Å². The monoisotopic (exact) mass is 368 g/mol. The van der Waals surface area contributed by atoms with Gasteiger partial charge in [0.25, 0.3) is 0 Å². The van der Waals surface area contributed by atoms with Gasteiger partial charge < -0.3 is 9.64 Å². The molecule has 4 nitrogen and oxygen atoms in total. The van der Waals surface area contributed by atoms with E-state index in [1.807, 2.05) is 4.90 Å². The first kappa shape index (κ1) is 18.6. The number of carbonyl (C=O) groups is 1. The molecular formula is C19H26ClFN2O2. The molecule has 3 rings (SSSR count). The molecule has 6 heteroatoms. The van der Waals surface area contributed by atoms with Gasteiger partial charge in [-0.1, -0.05) is 17.7 Å². The van der Waals surface area contributed by atoms with E-state index in [1.54, 1.807) is 6.07 Å². The van der Waals surface area contributed by atoms with Gasteiger partial charge in [0, 0.05) is 37.6 Å². The van der Waals surface area contributed by atoms with Gasteiger partial charge in [-0.05, 0) is 49.4 Å². The van der Waals surface area contributed by atoms with Gasteiger partial charge in [0.2, 0.25) is 5.91 Å². The third kappa shape index (κ3) is 5.40. The van der Waals surface area contributed by atoms with Crippen molar-refractivity contribution in [2.24, 2.45) is 5.92 Å². The molecule has 0 spiro atoms. The quantitative estimate of drug-likeness (QED) is 0.799. The molecule has 1 aromatic carbocycles. The first-order valence-corrected chi connectivity index (χ1v) is 9.51. The van der Waals surface area contributed by atoms with Gasteiger partial charge in [0.15, 0.2) is 0 Å². The second-order valence-electron chi connectivity index (χ2n) is 7.01. The highest BCUT2D eigenvalue weighted by Crippen LogP contribution is 2.25. The van der Waals surface area contributed by atoms with Crippen LogP contribution < -0.4 is 0 Å². The molecular weight excluding hydrogens is 343 g/mol. The summed E-state index contributed by atoms with van der Waals surface area (Å²) < 4.78 is 18.5. The molecule has 0 N–H and O–H groups in total. The second-order valence-corrected chi connectivity index (χ2v) is 7.42. The summed E-state index contributed by atoms with van der Waals surface area (Å²) in [7, 11) is 0. The summed E-state index contributed by atoms with van der Waals surface area (Å²) >= 11 is 6.15. The molecule has 2 fully saturated rings. The average Bonchev–Trinajstić information content (AvgIpc) is 2.63. The molecule has 138 valence electrons. The molecule has 1 amide bonds. The average molecular weight is 369 g/mol. The fourth-order valence-electron chi connectivity index (χ4n) is 3.72. The fraction of sp³-hybridized carbons (Fsp3) is 0.632. The van der Waals surface area contributed by atoms with Gasteiger partial charge >= 0.3 is 0 Å². The number of amides is 1. The van der Waals surface area contributed by atoms with Crippen molar-refractivity contribution >= 4 is 17.5 Å². The van der Waals surface area contributed by atoms with Crippen LogP contribution >= 0.6 is 11.6 Å². The maximum atomic E-state index is 13.2. The molecule has 0 radical (unpaired) electrons. The minimum absolute atomic E-state index is 0.252. The van der Waals surface area contributed by atoms with Crippen LogP contribution in [-0.2, 0) is 16.1 Å². The van der Waals surface area contributed by atoms with Gasteiger partial charge in [-0.15, -0.1) is 0 Å². The first-order chi connectivity index (χ1) is 12.1. The number of rotatable bonds is 5. The van der Waals surface area contributed by atoms with Crippen molar-refractivity contribution < 1.29 is 13.9 Å². The van der Waals surface area contributed by atoms with Crippen LogP contribution in [0.3, 0.4) is 0 Å². The topological polar surface area (TPSA) is 32.8 Å². The largest absolute Gasteiger partial charge is 0.378 e. The molecule has 2 aliphatic rings. The molecule has 0 aromatic heterocycles. The summed E-state index contributed by atoms with van der Waals surface area (Å²) in [5.74, 6) is 0.492. The number of piperidine rings is 1. The zero-order valence-electron chi connectivity index (χ0n) is 14.6. The van der Waals surface area contributed by atoms with Crippen LogP contribution in [-0.4, -0.2) is 55.1 Å². The van der Waals surface area contributed by atoms with Crippen molar-refractivity contribution in [3.63, 3.8) is 0 Å². The second kappa shape index (κ2) is 8.97. The maximum absolute atomic E-state index is 13.2. The predicted octanol–water partition coefficient (Wildman–Crippen LogP) is 3.33. The van der Waals surface area contributed by atoms with Crippen molar-refractivity contribution in [2.75, 3.05) is 39.4 Å². The van der Waals surface area contributed by atoms with E-state index in [9.17, 15) is 9.18 Å². The zero-order chi connectivity index (χ0) is 17.6. The summed E-state index contributed by atoms with van der Waals surface area (Å²) in [5, 5.41) is 0.490. The molecule has 0 unspecified atom stereocenters. The van der Waals surface area contributed by atoms with Gasteiger partial charge in [0.05, 0.1) is 13.2 Å². The van der Waals surface area contributed by atoms with Crippen LogP contribution in [0.2, 0.25) is 5.02 Å². The van der Waals surface area contributed by atoms with Crippen LogP contribution in [0, 0.1) is 11.7 Å². The summed E-state index contributed by atoms with van der Waals surface area (Å²) in [6.45, 7) is 5.50. The van der Waals surface area contributed by atoms with Crippen molar-refractivity contribution in [1.29, 1.82) is 0 Å². The molecule has 2 aliphatic heterocycles. The SMILES string of the molecule is O=C(CC[C@H]1CCCN(Cc2ccc(F)cc2Cl)C1)N1CCOCC1. The Labute approximate surface area is 153 Å². The number of hydrogen-bond acceptors (Lipinski definition) is 3. The normalized spacial score (nSPS) is 22.2. The van der Waals surface area contributed by atoms with E-state index in [0.717, 1.165) is 51.1 Å². The molecule has 1 aromatic rings. The van der Waals surface area contributed by atoms with Crippen LogP contribution in [0.5, 0.6) is 0 Å². The number of benzene rings is 1. The Bertz CT molecular complexity index is 593. The van der Waals surface area contributed by atoms with E-state index in [1.165, 1.54) is 18.6 Å². The van der Waals surface area contributed by atoms with E-state index in [4.69, 9.17) is 16.3 Å². The number of hydrogen-bond donors (Lipinski definition) is 0. The number of ether oxygens (including phenoxy) is 1. The van der Waals surface area contributed by atoms with Crippen molar-refractivity contribution in [3.8, 4) is 0 Å². The summed E-state index contributed by atoms with van der Waals surface area (Å²) in [6.07, 6.45) is 3.86. The predicted molar refractivity (Wildman–Crippen MR) is 96.0 cm³/mol. The van der Waals surface area contributed by atoms with Gasteiger partial charge in [-0.3, -0.25) is 9.69 Å². The lowest BCUT2D eigenvalue weighted by molar-refractivity contribution is -0.135. The highest BCUT2D eigenvalue weighted by Gasteiger charge is 2.23. The van der Waals surface area contributed by atoms with Crippen LogP contribution in [0.1, 0.15) is 31.2 Å². The Balaban J connectivity index is 1.46. The number of morpholine rings is 1. The van der Waals surface area contributed by atoms with Crippen molar-refractivity contribution in [1.82, 2.24) is 9.80 Å². The van der Waals surface area contributed by atoms with E-state index < -0.39 is 0 Å². The fourth-order valence-corrected chi connectivity index (χ4v) is 3.95. The highest BCUT2D eigenvalue weighted by molar-refractivity contribution is 6.31. The molecule has 0 aliphatic carbocycles. The van der Waals surface area contributed by atoms with Crippen molar-refractivity contribution in [3.05, 3.63) is 34.6 Å². The third-order valence-corrected chi connectivity index (χ3v) is 5.49. The van der Waals surface area contributed by atoms with Gasteiger partial charge in [0.1, 0.15) is 5.82 Å². The summed E-state index contributed by atoms with van der Waals surface area (Å²) in [6, 6.07) is 4.60. The van der Waals surface area contributed by atoms with Crippen LogP contribution in [0.15, 0.2) is 18.2 Å². The minimum Gasteiger partial charge on any atom is -0.378 e. The Morgan fingerprint density at radius 2 is 2.08 bits per heavy atom. The van der Waals surface area contributed by atoms with Gasteiger partial charge in [-0.25, -0.2) is 4.39 Å². The summed E-state index contributed by atoms with van der Waals surface area (Å²) in [5.41, 5.74) is 0.966. The molecule has 1 atom stereocenters. The first-order valence-electron chi connectivity index (χ1n) is 9.13. The Morgan fingerprint density at radius 3 is 2.84 bits per heavy atom. The lowest BCUT2D eigenvalue weighted by Gasteiger charge is -2.33. The molecule has 2 heterocycles. The third-order valence-electron chi connectivity index (χ3n) is 5.14. The molecule has 25 heavy (non-hydrogen) atoms. The maximum Gasteiger partial charge on any atom is 0.222 e. The molecule has 2 saturated heterocycles. The molecule has 0 saturated carbocycles. The number of nitrogens with zero attached hydrogens (tertiary/aromatic N) is 2.